The lowest BCUT2D eigenvalue weighted by Gasteiger charge is -2.27. The van der Waals surface area contributed by atoms with Gasteiger partial charge < -0.3 is 14.2 Å². The summed E-state index contributed by atoms with van der Waals surface area (Å²) >= 11 is 5.23. The number of carbonyl (C=O) groups excluding carboxylic acids is 1. The highest BCUT2D eigenvalue weighted by Crippen LogP contribution is 2.33. The number of fused-ring (bicyclic) bond motifs is 1. The first kappa shape index (κ1) is 16.8. The van der Waals surface area contributed by atoms with E-state index in [0.717, 1.165) is 19.7 Å². The zero-order valence-corrected chi connectivity index (χ0v) is 16.4. The van der Waals surface area contributed by atoms with Gasteiger partial charge in [0.25, 0.3) is 5.91 Å². The molecule has 4 rings (SSSR count). The molecular formula is C19H19BrN2O2S. The molecule has 4 nitrogen and oxygen atoms in total. The van der Waals surface area contributed by atoms with Crippen molar-refractivity contribution in [1.29, 1.82) is 0 Å². The second kappa shape index (κ2) is 6.94. The fourth-order valence-corrected chi connectivity index (χ4v) is 4.85. The highest BCUT2D eigenvalue weighted by atomic mass is 79.9. The van der Waals surface area contributed by atoms with Gasteiger partial charge in [0.2, 0.25) is 0 Å². The molecule has 130 valence electrons. The van der Waals surface area contributed by atoms with E-state index in [1.165, 1.54) is 11.1 Å². The molecule has 1 aliphatic heterocycles. The van der Waals surface area contributed by atoms with Gasteiger partial charge in [-0.1, -0.05) is 29.8 Å². The third-order valence-corrected chi connectivity index (χ3v) is 6.07. The van der Waals surface area contributed by atoms with Gasteiger partial charge >= 0.3 is 0 Å². The number of aromatic nitrogens is 1. The van der Waals surface area contributed by atoms with E-state index in [1.54, 1.807) is 11.3 Å². The normalized spacial score (nSPS) is 15.0. The number of ether oxygens (including phenoxy) is 1. The van der Waals surface area contributed by atoms with E-state index < -0.39 is 0 Å². The Balaban J connectivity index is 1.75. The summed E-state index contributed by atoms with van der Waals surface area (Å²) in [5.74, 6) is 0.0930. The van der Waals surface area contributed by atoms with Crippen molar-refractivity contribution < 1.29 is 9.53 Å². The smallest absolute Gasteiger partial charge is 0.270 e. The molecule has 3 aromatic rings. The Morgan fingerprint density at radius 1 is 1.24 bits per heavy atom. The van der Waals surface area contributed by atoms with Crippen molar-refractivity contribution in [1.82, 2.24) is 9.47 Å². The number of thiophene rings is 1. The number of hydrogen-bond donors (Lipinski definition) is 0. The molecule has 1 fully saturated rings. The molecule has 25 heavy (non-hydrogen) atoms. The van der Waals surface area contributed by atoms with Crippen molar-refractivity contribution in [3.63, 3.8) is 0 Å². The maximum atomic E-state index is 13.1. The van der Waals surface area contributed by atoms with Crippen LogP contribution in [0.3, 0.4) is 0 Å². The summed E-state index contributed by atoms with van der Waals surface area (Å²) in [7, 11) is 0. The number of hydrogen-bond acceptors (Lipinski definition) is 3. The van der Waals surface area contributed by atoms with Crippen molar-refractivity contribution in [3.05, 3.63) is 57.0 Å². The lowest BCUT2D eigenvalue weighted by molar-refractivity contribution is 0.0296. The van der Waals surface area contributed by atoms with Crippen LogP contribution in [-0.2, 0) is 11.3 Å². The lowest BCUT2D eigenvalue weighted by Crippen LogP contribution is -2.41. The van der Waals surface area contributed by atoms with Gasteiger partial charge in [-0.2, -0.15) is 0 Å². The SMILES string of the molecule is Cc1cccc(Cn2c(C(=O)N3CCOCC3)cc3sc(Br)cc32)c1. The van der Waals surface area contributed by atoms with E-state index in [4.69, 9.17) is 4.74 Å². The fraction of sp³-hybridized carbons (Fsp3) is 0.316. The molecule has 0 bridgehead atoms. The van der Waals surface area contributed by atoms with Crippen LogP contribution in [0, 0.1) is 6.92 Å². The molecule has 0 unspecified atom stereocenters. The molecule has 0 aliphatic carbocycles. The third-order valence-electron chi connectivity index (χ3n) is 4.50. The second-order valence-corrected chi connectivity index (χ2v) is 8.77. The Hall–Kier alpha value is -1.63. The molecule has 0 saturated carbocycles. The van der Waals surface area contributed by atoms with Crippen molar-refractivity contribution in [2.45, 2.75) is 13.5 Å². The van der Waals surface area contributed by atoms with Crippen molar-refractivity contribution in [3.8, 4) is 0 Å². The van der Waals surface area contributed by atoms with E-state index in [2.05, 4.69) is 57.8 Å². The third kappa shape index (κ3) is 3.38. The summed E-state index contributed by atoms with van der Waals surface area (Å²) in [6.45, 7) is 5.33. The summed E-state index contributed by atoms with van der Waals surface area (Å²) in [6.07, 6.45) is 0. The van der Waals surface area contributed by atoms with Gasteiger partial charge in [-0.25, -0.2) is 0 Å². The number of nitrogens with zero attached hydrogens (tertiary/aromatic N) is 2. The summed E-state index contributed by atoms with van der Waals surface area (Å²) in [4.78, 5) is 15.0. The summed E-state index contributed by atoms with van der Waals surface area (Å²) in [6, 6.07) is 12.6. The Morgan fingerprint density at radius 2 is 2.04 bits per heavy atom. The van der Waals surface area contributed by atoms with E-state index in [0.29, 0.717) is 32.8 Å². The van der Waals surface area contributed by atoms with Crippen LogP contribution in [0.25, 0.3) is 10.2 Å². The first-order valence-corrected chi connectivity index (χ1v) is 9.94. The Morgan fingerprint density at radius 3 is 2.80 bits per heavy atom. The first-order chi connectivity index (χ1) is 12.1. The molecule has 0 spiro atoms. The maximum Gasteiger partial charge on any atom is 0.270 e. The average molecular weight is 419 g/mol. The lowest BCUT2D eigenvalue weighted by atomic mass is 10.1. The summed E-state index contributed by atoms with van der Waals surface area (Å²) in [5.41, 5.74) is 4.30. The molecule has 0 N–H and O–H groups in total. The molecule has 0 atom stereocenters. The summed E-state index contributed by atoms with van der Waals surface area (Å²) in [5, 5.41) is 0. The molecule has 1 saturated heterocycles. The zero-order valence-electron chi connectivity index (χ0n) is 14.0. The Labute approximate surface area is 159 Å². The quantitative estimate of drug-likeness (QED) is 0.635. The van der Waals surface area contributed by atoms with Gasteiger partial charge in [-0.3, -0.25) is 4.79 Å². The molecule has 1 aromatic carbocycles. The number of amides is 1. The summed E-state index contributed by atoms with van der Waals surface area (Å²) < 4.78 is 9.74. The molecule has 1 amide bonds. The molecule has 2 aromatic heterocycles. The maximum absolute atomic E-state index is 13.1. The van der Waals surface area contributed by atoms with E-state index in [1.807, 2.05) is 11.0 Å². The van der Waals surface area contributed by atoms with Crippen molar-refractivity contribution in [2.24, 2.45) is 0 Å². The van der Waals surface area contributed by atoms with Gasteiger partial charge in [-0.15, -0.1) is 11.3 Å². The van der Waals surface area contributed by atoms with Gasteiger partial charge in [0.1, 0.15) is 5.69 Å². The largest absolute Gasteiger partial charge is 0.378 e. The van der Waals surface area contributed by atoms with Gasteiger partial charge in [-0.05, 0) is 40.5 Å². The average Bonchev–Trinajstić information content (AvgIpc) is 3.12. The van der Waals surface area contributed by atoms with Crippen LogP contribution in [0.4, 0.5) is 0 Å². The minimum Gasteiger partial charge on any atom is -0.378 e. The van der Waals surface area contributed by atoms with Crippen LogP contribution in [-0.4, -0.2) is 41.7 Å². The van der Waals surface area contributed by atoms with Gasteiger partial charge in [0.05, 0.1) is 27.2 Å². The zero-order chi connectivity index (χ0) is 17.4. The predicted octanol–water partition coefficient (Wildman–Crippen LogP) is 4.29. The van der Waals surface area contributed by atoms with E-state index in [9.17, 15) is 4.79 Å². The molecule has 1 aliphatic rings. The van der Waals surface area contributed by atoms with Crippen molar-refractivity contribution >= 4 is 43.4 Å². The number of morpholine rings is 1. The van der Waals surface area contributed by atoms with Crippen LogP contribution in [0.2, 0.25) is 0 Å². The molecule has 0 radical (unpaired) electrons. The molecule has 6 heteroatoms. The van der Waals surface area contributed by atoms with Gasteiger partial charge in [0, 0.05) is 19.6 Å². The number of rotatable bonds is 3. The molecular weight excluding hydrogens is 400 g/mol. The van der Waals surface area contributed by atoms with Crippen molar-refractivity contribution in [2.75, 3.05) is 26.3 Å². The highest BCUT2D eigenvalue weighted by Gasteiger charge is 2.24. The monoisotopic (exact) mass is 418 g/mol. The van der Waals surface area contributed by atoms with Crippen LogP contribution < -0.4 is 0 Å². The second-order valence-electron chi connectivity index (χ2n) is 6.31. The van der Waals surface area contributed by atoms with E-state index in [-0.39, 0.29) is 5.91 Å². The first-order valence-electron chi connectivity index (χ1n) is 8.33. The number of aryl methyl sites for hydroxylation is 1. The minimum atomic E-state index is 0.0930. The standard InChI is InChI=1S/C19H19BrN2O2S/c1-13-3-2-4-14(9-13)12-22-15-11-18(20)25-17(15)10-16(22)19(23)21-5-7-24-8-6-21/h2-4,9-11H,5-8,12H2,1H3. The van der Waals surface area contributed by atoms with Crippen LogP contribution >= 0.6 is 27.3 Å². The fourth-order valence-electron chi connectivity index (χ4n) is 3.28. The van der Waals surface area contributed by atoms with Crippen LogP contribution in [0.15, 0.2) is 40.2 Å². The molecule has 3 heterocycles. The van der Waals surface area contributed by atoms with E-state index >= 15 is 0 Å². The minimum absolute atomic E-state index is 0.0930. The van der Waals surface area contributed by atoms with Gasteiger partial charge in [0.15, 0.2) is 0 Å². The predicted molar refractivity (Wildman–Crippen MR) is 105 cm³/mol. The number of carbonyl (C=O) groups is 1. The Kier molecular flexibility index (Phi) is 4.67. The van der Waals surface area contributed by atoms with Crippen LogP contribution in [0.1, 0.15) is 21.6 Å². The Bertz CT molecular complexity index is 925. The van der Waals surface area contributed by atoms with Crippen LogP contribution in [0.5, 0.6) is 0 Å². The number of halogens is 1. The number of benzene rings is 1. The highest BCUT2D eigenvalue weighted by molar-refractivity contribution is 9.11. The topological polar surface area (TPSA) is 34.5 Å².